The minimum Gasteiger partial charge on any atom is -0.497 e. The predicted octanol–water partition coefficient (Wildman–Crippen LogP) is 5.71. The van der Waals surface area contributed by atoms with Gasteiger partial charge in [-0.25, -0.2) is 8.42 Å². The molecule has 0 radical (unpaired) electrons. The van der Waals surface area contributed by atoms with Crippen LogP contribution in [-0.4, -0.2) is 57.6 Å². The van der Waals surface area contributed by atoms with Gasteiger partial charge in [-0.2, -0.15) is 0 Å². The van der Waals surface area contributed by atoms with E-state index in [1.165, 1.54) is 16.3 Å². The van der Waals surface area contributed by atoms with E-state index in [0.29, 0.717) is 33.6 Å². The van der Waals surface area contributed by atoms with E-state index in [4.69, 9.17) is 27.9 Å². The lowest BCUT2D eigenvalue weighted by Crippen LogP contribution is -2.50. The Hall–Kier alpha value is -3.27. The van der Waals surface area contributed by atoms with E-state index in [1.807, 2.05) is 37.3 Å². The van der Waals surface area contributed by atoms with Crippen molar-refractivity contribution < 1.29 is 22.7 Å². The van der Waals surface area contributed by atoms with Crippen molar-refractivity contribution in [3.63, 3.8) is 0 Å². The van der Waals surface area contributed by atoms with Gasteiger partial charge in [-0.1, -0.05) is 66.5 Å². The van der Waals surface area contributed by atoms with E-state index in [1.54, 1.807) is 42.5 Å². The summed E-state index contributed by atoms with van der Waals surface area (Å²) in [6, 6.07) is 20.4. The number of amides is 2. The standard InChI is InChI=1S/C31H37Cl2N3O5S/c1-4-19-34-31(38)29(21-23-10-6-5-7-11-23)35(22-26-27(32)12-8-13-28(26)33)30(37)14-9-20-36(42(3,39)40)24-15-17-25(41-2)18-16-24/h5-8,10-13,15-18,29H,4,9,14,19-22H2,1-3H3,(H,34,38)/t29-/m0/s1. The monoisotopic (exact) mass is 633 g/mol. The van der Waals surface area contributed by atoms with E-state index in [0.717, 1.165) is 18.2 Å². The van der Waals surface area contributed by atoms with E-state index in [2.05, 4.69) is 5.32 Å². The fourth-order valence-electron chi connectivity index (χ4n) is 4.53. The third kappa shape index (κ3) is 9.37. The molecule has 3 rings (SSSR count). The molecule has 2 amide bonds. The van der Waals surface area contributed by atoms with Crippen LogP contribution in [0.1, 0.15) is 37.3 Å². The lowest BCUT2D eigenvalue weighted by Gasteiger charge is -2.32. The number of carbonyl (C=O) groups excluding carboxylic acids is 2. The van der Waals surface area contributed by atoms with Crippen molar-refractivity contribution >= 4 is 50.7 Å². The van der Waals surface area contributed by atoms with E-state index in [-0.39, 0.29) is 44.2 Å². The second-order valence-electron chi connectivity index (χ2n) is 9.86. The van der Waals surface area contributed by atoms with Gasteiger partial charge in [-0.3, -0.25) is 13.9 Å². The number of nitrogens with one attached hydrogen (secondary N) is 1. The van der Waals surface area contributed by atoms with Crippen molar-refractivity contribution in [1.82, 2.24) is 10.2 Å². The number of sulfonamides is 1. The Morgan fingerprint density at radius 1 is 0.952 bits per heavy atom. The molecular formula is C31H37Cl2N3O5S. The van der Waals surface area contributed by atoms with Crippen LogP contribution in [0.3, 0.4) is 0 Å². The van der Waals surface area contributed by atoms with Crippen molar-refractivity contribution in [1.29, 1.82) is 0 Å². The third-order valence-corrected chi connectivity index (χ3v) is 8.63. The molecule has 0 aromatic heterocycles. The van der Waals surface area contributed by atoms with Crippen LogP contribution in [0, 0.1) is 0 Å². The maximum absolute atomic E-state index is 13.9. The number of rotatable bonds is 15. The summed E-state index contributed by atoms with van der Waals surface area (Å²) in [5, 5.41) is 3.70. The molecule has 0 fully saturated rings. The molecule has 11 heteroatoms. The lowest BCUT2D eigenvalue weighted by atomic mass is 10.0. The maximum atomic E-state index is 13.9. The second kappa shape index (κ2) is 15.8. The molecule has 0 aliphatic heterocycles. The van der Waals surface area contributed by atoms with Gasteiger partial charge in [-0.15, -0.1) is 0 Å². The molecule has 42 heavy (non-hydrogen) atoms. The van der Waals surface area contributed by atoms with Gasteiger partial charge in [-0.05, 0) is 54.8 Å². The molecule has 0 bridgehead atoms. The van der Waals surface area contributed by atoms with Crippen LogP contribution in [0.25, 0.3) is 0 Å². The SMILES string of the molecule is CCCNC(=O)[C@H](Cc1ccccc1)N(Cc1c(Cl)cccc1Cl)C(=O)CCCN(c1ccc(OC)cc1)S(C)(=O)=O. The van der Waals surface area contributed by atoms with Gasteiger partial charge in [0, 0.05) is 48.1 Å². The number of hydrogen-bond donors (Lipinski definition) is 1. The zero-order valence-electron chi connectivity index (χ0n) is 24.1. The van der Waals surface area contributed by atoms with Crippen LogP contribution in [-0.2, 0) is 32.6 Å². The summed E-state index contributed by atoms with van der Waals surface area (Å²) >= 11 is 13.0. The summed E-state index contributed by atoms with van der Waals surface area (Å²) in [7, 11) is -2.10. The van der Waals surface area contributed by atoms with Crippen LogP contribution < -0.4 is 14.4 Å². The summed E-state index contributed by atoms with van der Waals surface area (Å²) in [5.74, 6) is -0.00275. The molecule has 226 valence electrons. The minimum absolute atomic E-state index is 0.00338. The molecule has 0 aliphatic carbocycles. The van der Waals surface area contributed by atoms with Gasteiger partial charge in [0.25, 0.3) is 0 Å². The number of nitrogens with zero attached hydrogens (tertiary/aromatic N) is 2. The van der Waals surface area contributed by atoms with Crippen molar-refractivity contribution in [2.75, 3.05) is 30.8 Å². The predicted molar refractivity (Wildman–Crippen MR) is 169 cm³/mol. The summed E-state index contributed by atoms with van der Waals surface area (Å²) < 4.78 is 31.7. The summed E-state index contributed by atoms with van der Waals surface area (Å²) in [5.41, 5.74) is 1.89. The smallest absolute Gasteiger partial charge is 0.243 e. The maximum Gasteiger partial charge on any atom is 0.243 e. The third-order valence-electron chi connectivity index (χ3n) is 6.72. The van der Waals surface area contributed by atoms with Crippen molar-refractivity contribution in [3.05, 3.63) is 94.0 Å². The minimum atomic E-state index is -3.63. The van der Waals surface area contributed by atoms with Gasteiger partial charge in [0.2, 0.25) is 21.8 Å². The summed E-state index contributed by atoms with van der Waals surface area (Å²) in [6.07, 6.45) is 2.36. The molecule has 3 aromatic carbocycles. The molecular weight excluding hydrogens is 597 g/mol. The lowest BCUT2D eigenvalue weighted by molar-refractivity contribution is -0.141. The normalized spacial score (nSPS) is 11.9. The zero-order valence-corrected chi connectivity index (χ0v) is 26.4. The van der Waals surface area contributed by atoms with Crippen LogP contribution in [0.15, 0.2) is 72.8 Å². The number of hydrogen-bond acceptors (Lipinski definition) is 5. The molecule has 0 heterocycles. The molecule has 0 saturated heterocycles. The molecule has 3 aromatic rings. The molecule has 8 nitrogen and oxygen atoms in total. The van der Waals surface area contributed by atoms with E-state index in [9.17, 15) is 18.0 Å². The first-order chi connectivity index (χ1) is 20.0. The van der Waals surface area contributed by atoms with E-state index < -0.39 is 16.1 Å². The quantitative estimate of drug-likeness (QED) is 0.231. The number of anilines is 1. The van der Waals surface area contributed by atoms with Crippen LogP contribution in [0.2, 0.25) is 10.0 Å². The summed E-state index contributed by atoms with van der Waals surface area (Å²) in [6.45, 7) is 2.51. The molecule has 1 atom stereocenters. The molecule has 0 spiro atoms. The Balaban J connectivity index is 1.90. The fourth-order valence-corrected chi connectivity index (χ4v) is 6.01. The first kappa shape index (κ1) is 33.2. The highest BCUT2D eigenvalue weighted by Crippen LogP contribution is 2.28. The Bertz CT molecular complexity index is 1420. The number of carbonyl (C=O) groups is 2. The second-order valence-corrected chi connectivity index (χ2v) is 12.6. The Morgan fingerprint density at radius 3 is 2.17 bits per heavy atom. The number of benzene rings is 3. The van der Waals surface area contributed by atoms with Gasteiger partial charge in [0.15, 0.2) is 0 Å². The van der Waals surface area contributed by atoms with Gasteiger partial charge in [0.05, 0.1) is 19.1 Å². The Kier molecular flexibility index (Phi) is 12.5. The Morgan fingerprint density at radius 2 is 1.60 bits per heavy atom. The van der Waals surface area contributed by atoms with Gasteiger partial charge < -0.3 is 15.0 Å². The highest BCUT2D eigenvalue weighted by Gasteiger charge is 2.31. The average Bonchev–Trinajstić information content (AvgIpc) is 2.97. The molecule has 0 aliphatic rings. The number of halogens is 2. The van der Waals surface area contributed by atoms with Crippen LogP contribution in [0.4, 0.5) is 5.69 Å². The highest BCUT2D eigenvalue weighted by atomic mass is 35.5. The summed E-state index contributed by atoms with van der Waals surface area (Å²) in [4.78, 5) is 28.9. The number of methoxy groups -OCH3 is 1. The van der Waals surface area contributed by atoms with Gasteiger partial charge in [0.1, 0.15) is 11.8 Å². The molecule has 0 unspecified atom stereocenters. The zero-order chi connectivity index (χ0) is 30.7. The highest BCUT2D eigenvalue weighted by molar-refractivity contribution is 7.92. The molecule has 1 N–H and O–H groups in total. The van der Waals surface area contributed by atoms with Crippen molar-refractivity contribution in [2.24, 2.45) is 0 Å². The molecule has 0 saturated carbocycles. The van der Waals surface area contributed by atoms with E-state index >= 15 is 0 Å². The fraction of sp³-hybridized carbons (Fsp3) is 0.355. The van der Waals surface area contributed by atoms with Crippen molar-refractivity contribution in [3.8, 4) is 5.75 Å². The number of ether oxygens (including phenoxy) is 1. The average molecular weight is 635 g/mol. The largest absolute Gasteiger partial charge is 0.497 e. The van der Waals surface area contributed by atoms with Crippen LogP contribution >= 0.6 is 23.2 Å². The van der Waals surface area contributed by atoms with Gasteiger partial charge >= 0.3 is 0 Å². The first-order valence-electron chi connectivity index (χ1n) is 13.7. The topological polar surface area (TPSA) is 96.0 Å². The first-order valence-corrected chi connectivity index (χ1v) is 16.3. The van der Waals surface area contributed by atoms with Crippen molar-refractivity contribution in [2.45, 2.75) is 45.2 Å². The van der Waals surface area contributed by atoms with Crippen LogP contribution in [0.5, 0.6) is 5.75 Å². The Labute approximate surface area is 258 Å².